The molecular weight excluding hydrogens is 264 g/mol. The van der Waals surface area contributed by atoms with E-state index in [0.717, 1.165) is 31.2 Å². The summed E-state index contributed by atoms with van der Waals surface area (Å²) in [6.07, 6.45) is 3.64. The zero-order valence-electron chi connectivity index (χ0n) is 13.7. The van der Waals surface area contributed by atoms with E-state index in [0.29, 0.717) is 12.5 Å². The van der Waals surface area contributed by atoms with Gasteiger partial charge in [0.15, 0.2) is 0 Å². The van der Waals surface area contributed by atoms with Crippen LogP contribution in [0.5, 0.6) is 5.75 Å². The average molecular weight is 292 g/mol. The number of carbonyl (C=O) groups excluding carboxylic acids is 1. The molecule has 1 aromatic carbocycles. The maximum absolute atomic E-state index is 12.2. The van der Waals surface area contributed by atoms with Crippen LogP contribution in [-0.2, 0) is 9.53 Å². The molecule has 0 radical (unpaired) electrons. The lowest BCUT2D eigenvalue weighted by Crippen LogP contribution is -2.29. The van der Waals surface area contributed by atoms with Crippen molar-refractivity contribution in [3.8, 4) is 5.75 Å². The molecular formula is C18H28O3. The van der Waals surface area contributed by atoms with Crippen molar-refractivity contribution in [3.63, 3.8) is 0 Å². The van der Waals surface area contributed by atoms with Gasteiger partial charge < -0.3 is 9.84 Å². The molecule has 3 nitrogen and oxygen atoms in total. The van der Waals surface area contributed by atoms with E-state index in [9.17, 15) is 9.90 Å². The maximum atomic E-state index is 12.2. The Morgan fingerprint density at radius 2 is 1.86 bits per heavy atom. The van der Waals surface area contributed by atoms with Gasteiger partial charge in [0.25, 0.3) is 0 Å². The van der Waals surface area contributed by atoms with Gasteiger partial charge in [0.05, 0.1) is 12.0 Å². The molecule has 0 spiro atoms. The SMILES string of the molecule is CCCCOC(=O)C(C)(C)CC(CC)c1ccc(O)cc1. The van der Waals surface area contributed by atoms with E-state index in [1.807, 2.05) is 26.0 Å². The molecule has 1 rings (SSSR count). The van der Waals surface area contributed by atoms with Gasteiger partial charge in [-0.25, -0.2) is 0 Å². The zero-order chi connectivity index (χ0) is 15.9. The Hall–Kier alpha value is -1.51. The number of aromatic hydroxyl groups is 1. The average Bonchev–Trinajstić information content (AvgIpc) is 2.46. The third kappa shape index (κ3) is 5.41. The molecule has 1 N–H and O–H groups in total. The molecule has 0 aliphatic heterocycles. The fraction of sp³-hybridized carbons (Fsp3) is 0.611. The summed E-state index contributed by atoms with van der Waals surface area (Å²) in [5.74, 6) is 0.444. The lowest BCUT2D eigenvalue weighted by atomic mass is 9.79. The first-order chi connectivity index (χ1) is 9.90. The van der Waals surface area contributed by atoms with E-state index < -0.39 is 5.41 Å². The molecule has 0 fully saturated rings. The predicted octanol–water partition coefficient (Wildman–Crippen LogP) is 4.65. The summed E-state index contributed by atoms with van der Waals surface area (Å²) in [5, 5.41) is 9.38. The third-order valence-electron chi connectivity index (χ3n) is 3.90. The summed E-state index contributed by atoms with van der Waals surface area (Å²) in [6.45, 7) is 8.61. The number of unbranched alkanes of at least 4 members (excludes halogenated alkanes) is 1. The first-order valence-electron chi connectivity index (χ1n) is 7.86. The lowest BCUT2D eigenvalue weighted by Gasteiger charge is -2.27. The number of phenols is 1. The standard InChI is InChI=1S/C18H28O3/c1-5-7-12-21-17(20)18(3,4)13-14(6-2)15-8-10-16(19)11-9-15/h8-11,14,19H,5-7,12-13H2,1-4H3. The lowest BCUT2D eigenvalue weighted by molar-refractivity contribution is -0.154. The van der Waals surface area contributed by atoms with Crippen molar-refractivity contribution in [1.82, 2.24) is 0 Å². The first-order valence-corrected chi connectivity index (χ1v) is 7.86. The fourth-order valence-electron chi connectivity index (χ4n) is 2.45. The summed E-state index contributed by atoms with van der Waals surface area (Å²) in [6, 6.07) is 7.26. The smallest absolute Gasteiger partial charge is 0.311 e. The number of esters is 1. The summed E-state index contributed by atoms with van der Waals surface area (Å²) >= 11 is 0. The second kappa shape index (κ2) is 8.06. The van der Waals surface area contributed by atoms with Gasteiger partial charge >= 0.3 is 5.97 Å². The molecule has 1 atom stereocenters. The van der Waals surface area contributed by atoms with Gasteiger partial charge in [-0.2, -0.15) is 0 Å². The Kier molecular flexibility index (Phi) is 6.73. The maximum Gasteiger partial charge on any atom is 0.311 e. The van der Waals surface area contributed by atoms with Crippen LogP contribution in [0.2, 0.25) is 0 Å². The highest BCUT2D eigenvalue weighted by atomic mass is 16.5. The molecule has 0 aliphatic carbocycles. The fourth-order valence-corrected chi connectivity index (χ4v) is 2.45. The Morgan fingerprint density at radius 3 is 2.38 bits per heavy atom. The van der Waals surface area contributed by atoms with Gasteiger partial charge in [-0.3, -0.25) is 4.79 Å². The molecule has 21 heavy (non-hydrogen) atoms. The van der Waals surface area contributed by atoms with E-state index in [2.05, 4.69) is 13.8 Å². The molecule has 3 heteroatoms. The molecule has 0 amide bonds. The van der Waals surface area contributed by atoms with Gasteiger partial charge in [0, 0.05) is 0 Å². The van der Waals surface area contributed by atoms with Crippen molar-refractivity contribution in [2.45, 2.75) is 59.3 Å². The third-order valence-corrected chi connectivity index (χ3v) is 3.90. The van der Waals surface area contributed by atoms with Crippen LogP contribution in [-0.4, -0.2) is 17.7 Å². The van der Waals surface area contributed by atoms with Crippen LogP contribution >= 0.6 is 0 Å². The Morgan fingerprint density at radius 1 is 1.24 bits per heavy atom. The van der Waals surface area contributed by atoms with Crippen molar-refractivity contribution >= 4 is 5.97 Å². The predicted molar refractivity (Wildman–Crippen MR) is 85.4 cm³/mol. The van der Waals surface area contributed by atoms with E-state index in [1.54, 1.807) is 12.1 Å². The summed E-state index contributed by atoms with van der Waals surface area (Å²) in [4.78, 5) is 12.2. The minimum atomic E-state index is -0.494. The van der Waals surface area contributed by atoms with Gasteiger partial charge in [-0.15, -0.1) is 0 Å². The Labute approximate surface area is 128 Å². The van der Waals surface area contributed by atoms with Crippen molar-refractivity contribution in [1.29, 1.82) is 0 Å². The highest BCUT2D eigenvalue weighted by Gasteiger charge is 2.32. The summed E-state index contributed by atoms with van der Waals surface area (Å²) in [7, 11) is 0. The van der Waals surface area contributed by atoms with Crippen LogP contribution in [0.15, 0.2) is 24.3 Å². The normalized spacial score (nSPS) is 13.0. The van der Waals surface area contributed by atoms with E-state index in [1.165, 1.54) is 0 Å². The largest absolute Gasteiger partial charge is 0.508 e. The van der Waals surface area contributed by atoms with Crippen molar-refractivity contribution in [2.75, 3.05) is 6.61 Å². The number of benzene rings is 1. The van der Waals surface area contributed by atoms with Gasteiger partial charge in [0.2, 0.25) is 0 Å². The number of hydrogen-bond acceptors (Lipinski definition) is 3. The summed E-state index contributed by atoms with van der Waals surface area (Å²) < 4.78 is 5.37. The second-order valence-corrected chi connectivity index (χ2v) is 6.27. The summed E-state index contributed by atoms with van der Waals surface area (Å²) in [5.41, 5.74) is 0.663. The van der Waals surface area contributed by atoms with Crippen LogP contribution in [0, 0.1) is 5.41 Å². The topological polar surface area (TPSA) is 46.5 Å². The van der Waals surface area contributed by atoms with Crippen LogP contribution in [0.4, 0.5) is 0 Å². The van der Waals surface area contributed by atoms with Crippen LogP contribution in [0.3, 0.4) is 0 Å². The first kappa shape index (κ1) is 17.5. The minimum absolute atomic E-state index is 0.117. The number of rotatable bonds is 8. The Bertz CT molecular complexity index is 434. The molecule has 1 aromatic rings. The van der Waals surface area contributed by atoms with Crippen molar-refractivity contribution in [2.24, 2.45) is 5.41 Å². The van der Waals surface area contributed by atoms with E-state index in [4.69, 9.17) is 4.74 Å². The molecule has 0 saturated heterocycles. The highest BCUT2D eigenvalue weighted by Crippen LogP contribution is 2.35. The van der Waals surface area contributed by atoms with Crippen LogP contribution < -0.4 is 0 Å². The van der Waals surface area contributed by atoms with Crippen molar-refractivity contribution < 1.29 is 14.6 Å². The van der Waals surface area contributed by atoms with E-state index in [-0.39, 0.29) is 11.7 Å². The number of hydrogen-bond donors (Lipinski definition) is 1. The van der Waals surface area contributed by atoms with E-state index >= 15 is 0 Å². The molecule has 1 unspecified atom stereocenters. The Balaban J connectivity index is 2.70. The molecule has 0 aromatic heterocycles. The van der Waals surface area contributed by atoms with Gasteiger partial charge in [0.1, 0.15) is 5.75 Å². The quantitative estimate of drug-likeness (QED) is 0.560. The van der Waals surface area contributed by atoms with Gasteiger partial charge in [-0.05, 0) is 56.7 Å². The molecule has 0 aliphatic rings. The van der Waals surface area contributed by atoms with Gasteiger partial charge in [-0.1, -0.05) is 32.4 Å². The number of ether oxygens (including phenoxy) is 1. The van der Waals surface area contributed by atoms with Crippen LogP contribution in [0.1, 0.15) is 64.9 Å². The van der Waals surface area contributed by atoms with Crippen LogP contribution in [0.25, 0.3) is 0 Å². The zero-order valence-corrected chi connectivity index (χ0v) is 13.7. The molecule has 0 bridgehead atoms. The second-order valence-electron chi connectivity index (χ2n) is 6.27. The molecule has 0 heterocycles. The molecule has 0 saturated carbocycles. The number of phenolic OH excluding ortho intramolecular Hbond substituents is 1. The highest BCUT2D eigenvalue weighted by molar-refractivity contribution is 5.76. The minimum Gasteiger partial charge on any atom is -0.508 e. The monoisotopic (exact) mass is 292 g/mol. The van der Waals surface area contributed by atoms with Crippen molar-refractivity contribution in [3.05, 3.63) is 29.8 Å². The molecule has 118 valence electrons. The number of carbonyl (C=O) groups is 1.